The van der Waals surface area contributed by atoms with Gasteiger partial charge in [0.15, 0.2) is 5.76 Å². The summed E-state index contributed by atoms with van der Waals surface area (Å²) in [6, 6.07) is 3.20. The molecular formula is C12H14N4O3S. The number of nitrogens with one attached hydrogen (secondary N) is 2. The van der Waals surface area contributed by atoms with Crippen molar-refractivity contribution < 1.29 is 14.0 Å². The molecule has 0 saturated carbocycles. The molecule has 0 radical (unpaired) electrons. The van der Waals surface area contributed by atoms with Gasteiger partial charge < -0.3 is 20.8 Å². The molecule has 20 heavy (non-hydrogen) atoms. The van der Waals surface area contributed by atoms with Gasteiger partial charge in [-0.1, -0.05) is 0 Å². The van der Waals surface area contributed by atoms with Crippen LogP contribution in [0.1, 0.15) is 26.1 Å². The number of nitrogens with zero attached hydrogens (tertiary/aromatic N) is 1. The van der Waals surface area contributed by atoms with Crippen molar-refractivity contribution in [2.45, 2.75) is 6.54 Å². The van der Waals surface area contributed by atoms with Crippen LogP contribution in [0.4, 0.5) is 0 Å². The molecule has 4 N–H and O–H groups in total. The van der Waals surface area contributed by atoms with Crippen LogP contribution < -0.4 is 16.4 Å². The van der Waals surface area contributed by atoms with Gasteiger partial charge in [0.2, 0.25) is 0 Å². The maximum Gasteiger partial charge on any atom is 0.287 e. The highest BCUT2D eigenvalue weighted by atomic mass is 32.1. The van der Waals surface area contributed by atoms with E-state index in [0.717, 1.165) is 0 Å². The summed E-state index contributed by atoms with van der Waals surface area (Å²) in [5.41, 5.74) is 5.77. The van der Waals surface area contributed by atoms with Gasteiger partial charge in [-0.15, -0.1) is 11.3 Å². The molecule has 0 atom stereocenters. The number of carbonyl (C=O) groups excluding carboxylic acids is 2. The Morgan fingerprint density at radius 3 is 2.65 bits per heavy atom. The van der Waals surface area contributed by atoms with Gasteiger partial charge in [-0.2, -0.15) is 0 Å². The lowest BCUT2D eigenvalue weighted by Crippen LogP contribution is -2.34. The Hall–Kier alpha value is -2.19. The Bertz CT molecular complexity index is 579. The molecule has 0 spiro atoms. The van der Waals surface area contributed by atoms with Gasteiger partial charge in [-0.05, 0) is 12.1 Å². The van der Waals surface area contributed by atoms with E-state index in [4.69, 9.17) is 10.2 Å². The van der Waals surface area contributed by atoms with Gasteiger partial charge in [0.25, 0.3) is 11.8 Å². The molecule has 0 aromatic carbocycles. The summed E-state index contributed by atoms with van der Waals surface area (Å²) in [5.74, 6) is -0.361. The van der Waals surface area contributed by atoms with Crippen LogP contribution in [0.2, 0.25) is 0 Å². The predicted octanol–water partition coefficient (Wildman–Crippen LogP) is 0.355. The molecule has 8 heteroatoms. The normalized spacial score (nSPS) is 10.2. The van der Waals surface area contributed by atoms with Crippen molar-refractivity contribution in [3.8, 4) is 0 Å². The first-order valence-corrected chi connectivity index (χ1v) is 6.83. The van der Waals surface area contributed by atoms with Gasteiger partial charge in [0.1, 0.15) is 10.7 Å². The number of nitrogens with two attached hydrogens (primary N) is 1. The van der Waals surface area contributed by atoms with E-state index in [9.17, 15) is 9.59 Å². The molecule has 2 aromatic heterocycles. The molecule has 0 fully saturated rings. The van der Waals surface area contributed by atoms with Crippen molar-refractivity contribution in [1.82, 2.24) is 15.6 Å². The third-order valence-corrected chi connectivity index (χ3v) is 3.27. The highest BCUT2D eigenvalue weighted by molar-refractivity contribution is 7.09. The van der Waals surface area contributed by atoms with E-state index in [1.54, 1.807) is 17.5 Å². The molecular weight excluding hydrogens is 280 g/mol. The minimum Gasteiger partial charge on any atom is -0.459 e. The molecule has 2 amide bonds. The summed E-state index contributed by atoms with van der Waals surface area (Å²) >= 11 is 1.34. The molecule has 2 aromatic rings. The zero-order valence-corrected chi connectivity index (χ0v) is 11.4. The number of carbonyl (C=O) groups is 2. The van der Waals surface area contributed by atoms with Crippen LogP contribution in [-0.4, -0.2) is 29.9 Å². The maximum absolute atomic E-state index is 11.7. The van der Waals surface area contributed by atoms with Crippen LogP contribution in [0, 0.1) is 0 Å². The number of amides is 2. The summed E-state index contributed by atoms with van der Waals surface area (Å²) in [6.07, 6.45) is 1.42. The molecule has 7 nitrogen and oxygen atoms in total. The first-order valence-electron chi connectivity index (χ1n) is 5.95. The van der Waals surface area contributed by atoms with Crippen LogP contribution in [0.15, 0.2) is 28.2 Å². The van der Waals surface area contributed by atoms with E-state index in [2.05, 4.69) is 15.6 Å². The second-order valence-electron chi connectivity index (χ2n) is 3.82. The minimum absolute atomic E-state index is 0.239. The Morgan fingerprint density at radius 1 is 1.30 bits per heavy atom. The van der Waals surface area contributed by atoms with E-state index in [1.807, 2.05) is 0 Å². The van der Waals surface area contributed by atoms with Crippen molar-refractivity contribution in [2.24, 2.45) is 5.73 Å². The summed E-state index contributed by atoms with van der Waals surface area (Å²) in [6.45, 7) is 0.928. The Labute approximate surface area is 119 Å². The van der Waals surface area contributed by atoms with Gasteiger partial charge in [-0.25, -0.2) is 4.98 Å². The summed E-state index contributed by atoms with van der Waals surface area (Å²) in [5, 5.41) is 7.64. The summed E-state index contributed by atoms with van der Waals surface area (Å²) in [4.78, 5) is 27.3. The molecule has 0 saturated heterocycles. The minimum atomic E-state index is -0.316. The predicted molar refractivity (Wildman–Crippen MR) is 73.4 cm³/mol. The van der Waals surface area contributed by atoms with E-state index >= 15 is 0 Å². The molecule has 0 aliphatic heterocycles. The number of hydrogen-bond donors (Lipinski definition) is 3. The highest BCUT2D eigenvalue weighted by Gasteiger charge is 2.10. The van der Waals surface area contributed by atoms with Crippen molar-refractivity contribution in [3.63, 3.8) is 0 Å². The van der Waals surface area contributed by atoms with Crippen LogP contribution in [0.5, 0.6) is 0 Å². The number of hydrogen-bond acceptors (Lipinski definition) is 6. The van der Waals surface area contributed by atoms with Crippen molar-refractivity contribution in [1.29, 1.82) is 0 Å². The second-order valence-corrected chi connectivity index (χ2v) is 4.76. The van der Waals surface area contributed by atoms with E-state index in [1.165, 1.54) is 17.6 Å². The Balaban J connectivity index is 1.70. The molecule has 0 unspecified atom stereocenters. The molecule has 0 bridgehead atoms. The number of rotatable bonds is 6. The van der Waals surface area contributed by atoms with Crippen LogP contribution in [-0.2, 0) is 6.54 Å². The fourth-order valence-electron chi connectivity index (χ4n) is 1.45. The molecule has 0 aliphatic carbocycles. The van der Waals surface area contributed by atoms with Crippen LogP contribution in [0.25, 0.3) is 0 Å². The molecule has 2 heterocycles. The van der Waals surface area contributed by atoms with Crippen LogP contribution >= 0.6 is 11.3 Å². The largest absolute Gasteiger partial charge is 0.459 e. The van der Waals surface area contributed by atoms with Crippen molar-refractivity contribution in [2.75, 3.05) is 13.1 Å². The number of aromatic nitrogens is 1. The summed E-state index contributed by atoms with van der Waals surface area (Å²) in [7, 11) is 0. The topological polar surface area (TPSA) is 110 Å². The second kappa shape index (κ2) is 6.83. The van der Waals surface area contributed by atoms with Gasteiger partial charge in [0.05, 0.1) is 6.26 Å². The summed E-state index contributed by atoms with van der Waals surface area (Å²) < 4.78 is 4.94. The fraction of sp³-hybridized carbons (Fsp3) is 0.250. The highest BCUT2D eigenvalue weighted by Crippen LogP contribution is 2.08. The van der Waals surface area contributed by atoms with E-state index in [-0.39, 0.29) is 17.6 Å². The lowest BCUT2D eigenvalue weighted by Gasteiger charge is -2.04. The van der Waals surface area contributed by atoms with E-state index < -0.39 is 0 Å². The Kier molecular flexibility index (Phi) is 4.85. The molecule has 2 rings (SSSR count). The van der Waals surface area contributed by atoms with Crippen LogP contribution in [0.3, 0.4) is 0 Å². The number of thiazole rings is 1. The third kappa shape index (κ3) is 3.65. The maximum atomic E-state index is 11.7. The van der Waals surface area contributed by atoms with Crippen molar-refractivity contribution >= 4 is 23.2 Å². The molecule has 0 aliphatic rings. The van der Waals surface area contributed by atoms with Gasteiger partial charge in [0, 0.05) is 25.0 Å². The Morgan fingerprint density at radius 2 is 2.05 bits per heavy atom. The third-order valence-electron chi connectivity index (χ3n) is 2.40. The molecule has 106 valence electrons. The first-order chi connectivity index (χ1) is 9.70. The van der Waals surface area contributed by atoms with E-state index in [0.29, 0.717) is 30.3 Å². The average molecular weight is 294 g/mol. The fourth-order valence-corrected chi connectivity index (χ4v) is 2.10. The zero-order valence-electron chi connectivity index (χ0n) is 10.6. The van der Waals surface area contributed by atoms with Gasteiger partial charge in [-0.3, -0.25) is 9.59 Å². The average Bonchev–Trinajstić information content (AvgIpc) is 3.13. The smallest absolute Gasteiger partial charge is 0.287 e. The van der Waals surface area contributed by atoms with Gasteiger partial charge >= 0.3 is 0 Å². The lowest BCUT2D eigenvalue weighted by atomic mass is 10.4. The quantitative estimate of drug-likeness (QED) is 0.666. The first kappa shape index (κ1) is 14.2. The number of furan rings is 1. The standard InChI is InChI=1S/C12H14N4O3S/c13-6-10-16-8(7-20-10)11(17)14-3-4-15-12(18)9-2-1-5-19-9/h1-2,5,7H,3-4,6,13H2,(H,14,17)(H,15,18). The monoisotopic (exact) mass is 294 g/mol. The lowest BCUT2D eigenvalue weighted by molar-refractivity contribution is 0.0909. The van der Waals surface area contributed by atoms with Crippen molar-refractivity contribution in [3.05, 3.63) is 40.2 Å². The zero-order chi connectivity index (χ0) is 14.4. The SMILES string of the molecule is NCc1nc(C(=O)NCCNC(=O)c2ccco2)cs1.